The molecule has 0 spiro atoms. The van der Waals surface area contributed by atoms with Gasteiger partial charge in [-0.15, -0.1) is 0 Å². The molecule has 1 aliphatic rings. The van der Waals surface area contributed by atoms with Crippen LogP contribution in [0.2, 0.25) is 0 Å². The molecule has 1 N–H and O–H groups in total. The van der Waals surface area contributed by atoms with E-state index < -0.39 is 0 Å². The summed E-state index contributed by atoms with van der Waals surface area (Å²) in [4.78, 5) is 0. The van der Waals surface area contributed by atoms with Crippen molar-refractivity contribution in [2.45, 2.75) is 24.9 Å². The number of aliphatic hydroxyl groups excluding tert-OH is 1. The maximum Gasteiger partial charge on any atom is 0.0934 e. The second kappa shape index (κ2) is 4.04. The van der Waals surface area contributed by atoms with E-state index in [1.165, 1.54) is 0 Å². The maximum absolute atomic E-state index is 9.06. The summed E-state index contributed by atoms with van der Waals surface area (Å²) >= 11 is 0. The first-order valence-electron chi connectivity index (χ1n) is 4.07. The summed E-state index contributed by atoms with van der Waals surface area (Å²) in [6, 6.07) is 0. The van der Waals surface area contributed by atoms with E-state index in [4.69, 9.17) is 14.6 Å². The third-order valence-corrected chi connectivity index (χ3v) is 2.23. The van der Waals surface area contributed by atoms with Gasteiger partial charge in [0.2, 0.25) is 0 Å². The van der Waals surface area contributed by atoms with Crippen LogP contribution in [0.1, 0.15) is 19.3 Å². The first-order chi connectivity index (χ1) is 5.33. The predicted molar refractivity (Wildman–Crippen MR) is 41.5 cm³/mol. The Balaban J connectivity index is 2.33. The summed E-state index contributed by atoms with van der Waals surface area (Å²) in [5.74, 6) is 0. The molecule has 0 aromatic carbocycles. The van der Waals surface area contributed by atoms with Crippen LogP contribution < -0.4 is 0 Å². The van der Waals surface area contributed by atoms with E-state index in [1.807, 2.05) is 0 Å². The summed E-state index contributed by atoms with van der Waals surface area (Å²) in [6.45, 7) is 1.57. The molecule has 1 rings (SSSR count). The monoisotopic (exact) mass is 160 g/mol. The molecule has 1 heterocycles. The Kier molecular flexibility index (Phi) is 3.30. The normalized spacial score (nSPS) is 31.1. The smallest absolute Gasteiger partial charge is 0.0934 e. The maximum atomic E-state index is 9.06. The van der Waals surface area contributed by atoms with E-state index in [0.717, 1.165) is 25.9 Å². The van der Waals surface area contributed by atoms with E-state index in [2.05, 4.69) is 0 Å². The lowest BCUT2D eigenvalue weighted by atomic mass is 9.98. The number of methoxy groups -OCH3 is 1. The number of hydrogen-bond acceptors (Lipinski definition) is 3. The number of ether oxygens (including phenoxy) is 2. The van der Waals surface area contributed by atoms with E-state index in [9.17, 15) is 0 Å². The average molecular weight is 160 g/mol. The molecular weight excluding hydrogens is 144 g/mol. The molecule has 66 valence electrons. The van der Waals surface area contributed by atoms with Crippen molar-refractivity contribution in [2.24, 2.45) is 0 Å². The van der Waals surface area contributed by atoms with E-state index >= 15 is 0 Å². The standard InChI is InChI=1S/C8H16O3/c1-10-6-4-8(7-9)3-2-5-11-8/h9H,2-7H2,1H3. The van der Waals surface area contributed by atoms with Crippen molar-refractivity contribution in [1.82, 2.24) is 0 Å². The van der Waals surface area contributed by atoms with Crippen molar-refractivity contribution in [3.05, 3.63) is 0 Å². The van der Waals surface area contributed by atoms with Gasteiger partial charge in [0.1, 0.15) is 0 Å². The Bertz CT molecular complexity index is 108. The van der Waals surface area contributed by atoms with Crippen LogP contribution >= 0.6 is 0 Å². The van der Waals surface area contributed by atoms with Crippen LogP contribution in [0.5, 0.6) is 0 Å². The van der Waals surface area contributed by atoms with Crippen LogP contribution in [-0.2, 0) is 9.47 Å². The molecule has 0 saturated carbocycles. The molecule has 1 atom stereocenters. The highest BCUT2D eigenvalue weighted by Gasteiger charge is 2.33. The van der Waals surface area contributed by atoms with Crippen LogP contribution in [0.4, 0.5) is 0 Å². The summed E-state index contributed by atoms with van der Waals surface area (Å²) in [7, 11) is 1.67. The second-order valence-electron chi connectivity index (χ2n) is 3.04. The lowest BCUT2D eigenvalue weighted by Gasteiger charge is -2.25. The fraction of sp³-hybridized carbons (Fsp3) is 1.00. The Labute approximate surface area is 67.3 Å². The van der Waals surface area contributed by atoms with Gasteiger partial charge in [0, 0.05) is 26.7 Å². The highest BCUT2D eigenvalue weighted by molar-refractivity contribution is 4.83. The minimum Gasteiger partial charge on any atom is -0.393 e. The molecule has 0 aromatic rings. The van der Waals surface area contributed by atoms with Gasteiger partial charge in [-0.3, -0.25) is 0 Å². The first-order valence-corrected chi connectivity index (χ1v) is 4.07. The molecule has 0 aliphatic carbocycles. The fourth-order valence-corrected chi connectivity index (χ4v) is 1.44. The van der Waals surface area contributed by atoms with Crippen molar-refractivity contribution in [3.8, 4) is 0 Å². The fourth-order valence-electron chi connectivity index (χ4n) is 1.44. The highest BCUT2D eigenvalue weighted by atomic mass is 16.5. The lowest BCUT2D eigenvalue weighted by molar-refractivity contribution is -0.0555. The van der Waals surface area contributed by atoms with Gasteiger partial charge in [-0.1, -0.05) is 0 Å². The number of rotatable bonds is 4. The Morgan fingerprint density at radius 3 is 2.91 bits per heavy atom. The molecule has 1 unspecified atom stereocenters. The van der Waals surface area contributed by atoms with Crippen molar-refractivity contribution >= 4 is 0 Å². The predicted octanol–water partition coefficient (Wildman–Crippen LogP) is 0.564. The van der Waals surface area contributed by atoms with Gasteiger partial charge in [0.15, 0.2) is 0 Å². The summed E-state index contributed by atoms with van der Waals surface area (Å²) < 4.78 is 10.4. The SMILES string of the molecule is COCCC1(CO)CCCO1. The van der Waals surface area contributed by atoms with Crippen LogP contribution in [0, 0.1) is 0 Å². The largest absolute Gasteiger partial charge is 0.393 e. The molecule has 0 bridgehead atoms. The van der Waals surface area contributed by atoms with Crippen LogP contribution in [0.15, 0.2) is 0 Å². The molecule has 3 nitrogen and oxygen atoms in total. The van der Waals surface area contributed by atoms with Gasteiger partial charge in [0.25, 0.3) is 0 Å². The number of aliphatic hydroxyl groups is 1. The molecule has 0 amide bonds. The van der Waals surface area contributed by atoms with Gasteiger partial charge in [0.05, 0.1) is 12.2 Å². The third kappa shape index (κ3) is 2.15. The van der Waals surface area contributed by atoms with Gasteiger partial charge in [-0.25, -0.2) is 0 Å². The van der Waals surface area contributed by atoms with E-state index in [1.54, 1.807) is 7.11 Å². The van der Waals surface area contributed by atoms with E-state index in [-0.39, 0.29) is 12.2 Å². The zero-order valence-corrected chi connectivity index (χ0v) is 7.01. The molecule has 0 radical (unpaired) electrons. The zero-order chi connectivity index (χ0) is 8.16. The summed E-state index contributed by atoms with van der Waals surface area (Å²) in [5.41, 5.74) is -0.282. The minimum atomic E-state index is -0.282. The molecular formula is C8H16O3. The molecule has 1 fully saturated rings. The van der Waals surface area contributed by atoms with Gasteiger partial charge >= 0.3 is 0 Å². The Morgan fingerprint density at radius 2 is 2.45 bits per heavy atom. The quantitative estimate of drug-likeness (QED) is 0.653. The van der Waals surface area contributed by atoms with Crippen LogP contribution in [0.25, 0.3) is 0 Å². The number of hydrogen-bond donors (Lipinski definition) is 1. The van der Waals surface area contributed by atoms with Crippen molar-refractivity contribution in [2.75, 3.05) is 26.9 Å². The Morgan fingerprint density at radius 1 is 1.64 bits per heavy atom. The zero-order valence-electron chi connectivity index (χ0n) is 7.01. The molecule has 1 aliphatic heterocycles. The first kappa shape index (κ1) is 8.97. The lowest BCUT2D eigenvalue weighted by Crippen LogP contribution is -2.33. The van der Waals surface area contributed by atoms with Gasteiger partial charge in [-0.2, -0.15) is 0 Å². The average Bonchev–Trinajstić information content (AvgIpc) is 2.50. The van der Waals surface area contributed by atoms with Crippen LogP contribution in [0.3, 0.4) is 0 Å². The van der Waals surface area contributed by atoms with Crippen molar-refractivity contribution in [1.29, 1.82) is 0 Å². The van der Waals surface area contributed by atoms with E-state index in [0.29, 0.717) is 6.61 Å². The molecule has 0 aromatic heterocycles. The topological polar surface area (TPSA) is 38.7 Å². The molecule has 1 saturated heterocycles. The summed E-state index contributed by atoms with van der Waals surface area (Å²) in [6.07, 6.45) is 2.83. The van der Waals surface area contributed by atoms with Gasteiger partial charge in [-0.05, 0) is 12.8 Å². The molecule has 11 heavy (non-hydrogen) atoms. The Hall–Kier alpha value is -0.120. The summed E-state index contributed by atoms with van der Waals surface area (Å²) in [5, 5.41) is 9.06. The minimum absolute atomic E-state index is 0.121. The van der Waals surface area contributed by atoms with Crippen molar-refractivity contribution in [3.63, 3.8) is 0 Å². The van der Waals surface area contributed by atoms with Gasteiger partial charge < -0.3 is 14.6 Å². The highest BCUT2D eigenvalue weighted by Crippen LogP contribution is 2.28. The van der Waals surface area contributed by atoms with Crippen molar-refractivity contribution < 1.29 is 14.6 Å². The second-order valence-corrected chi connectivity index (χ2v) is 3.04. The molecule has 3 heteroatoms. The van der Waals surface area contributed by atoms with Crippen LogP contribution in [-0.4, -0.2) is 37.6 Å². The third-order valence-electron chi connectivity index (χ3n) is 2.23.